The Morgan fingerprint density at radius 2 is 1.67 bits per heavy atom. The maximum Gasteiger partial charge on any atom is 0.307 e. The molecule has 3 aromatic rings. The van der Waals surface area contributed by atoms with Crippen LogP contribution in [0.25, 0.3) is 16.8 Å². The molecule has 0 heterocycles. The van der Waals surface area contributed by atoms with Crippen molar-refractivity contribution in [1.82, 2.24) is 5.32 Å². The van der Waals surface area contributed by atoms with Crippen LogP contribution < -0.4 is 5.32 Å². The van der Waals surface area contributed by atoms with Crippen LogP contribution >= 0.6 is 0 Å². The molecule has 0 aromatic heterocycles. The van der Waals surface area contributed by atoms with Crippen LogP contribution in [0.2, 0.25) is 0 Å². The number of rotatable bonds is 6. The van der Waals surface area contributed by atoms with Crippen LogP contribution in [0.4, 0.5) is 0 Å². The summed E-state index contributed by atoms with van der Waals surface area (Å²) in [6, 6.07) is 22.9. The summed E-state index contributed by atoms with van der Waals surface area (Å²) in [6.07, 6.45) is 3.36. The number of methoxy groups -OCH3 is 1. The van der Waals surface area contributed by atoms with E-state index in [1.54, 1.807) is 6.08 Å². The van der Waals surface area contributed by atoms with E-state index in [2.05, 4.69) is 5.32 Å². The number of carbonyl (C=O) groups excluding carboxylic acids is 2. The zero-order valence-corrected chi connectivity index (χ0v) is 15.1. The molecule has 1 unspecified atom stereocenters. The van der Waals surface area contributed by atoms with Gasteiger partial charge in [0.1, 0.15) is 0 Å². The lowest BCUT2D eigenvalue weighted by atomic mass is 10.0. The lowest BCUT2D eigenvalue weighted by Crippen LogP contribution is -2.29. The highest BCUT2D eigenvalue weighted by Gasteiger charge is 2.17. The first-order chi connectivity index (χ1) is 13.2. The quantitative estimate of drug-likeness (QED) is 0.528. The summed E-state index contributed by atoms with van der Waals surface area (Å²) in [5.74, 6) is -0.636. The SMILES string of the molecule is COC(=O)CC(NC(=O)/C=C/c1cccc2ccccc12)c1ccccc1. The predicted molar refractivity (Wildman–Crippen MR) is 107 cm³/mol. The zero-order chi connectivity index (χ0) is 19.1. The Morgan fingerprint density at radius 1 is 0.963 bits per heavy atom. The third-order valence-corrected chi connectivity index (χ3v) is 4.35. The topological polar surface area (TPSA) is 55.4 Å². The number of esters is 1. The smallest absolute Gasteiger partial charge is 0.307 e. The van der Waals surface area contributed by atoms with E-state index < -0.39 is 6.04 Å². The zero-order valence-electron chi connectivity index (χ0n) is 15.1. The summed E-state index contributed by atoms with van der Waals surface area (Å²) in [4.78, 5) is 24.2. The molecule has 136 valence electrons. The summed E-state index contributed by atoms with van der Waals surface area (Å²) in [5, 5.41) is 5.09. The molecule has 0 aliphatic carbocycles. The van der Waals surface area contributed by atoms with Gasteiger partial charge < -0.3 is 10.1 Å². The Morgan fingerprint density at radius 3 is 2.44 bits per heavy atom. The molecule has 4 heteroatoms. The van der Waals surface area contributed by atoms with Crippen LogP contribution in [-0.2, 0) is 14.3 Å². The number of hydrogen-bond donors (Lipinski definition) is 1. The Hall–Kier alpha value is -3.40. The number of ether oxygens (including phenoxy) is 1. The Balaban J connectivity index is 1.77. The largest absolute Gasteiger partial charge is 0.469 e. The number of fused-ring (bicyclic) bond motifs is 1. The highest BCUT2D eigenvalue weighted by molar-refractivity contribution is 5.97. The summed E-state index contributed by atoms with van der Waals surface area (Å²) < 4.78 is 4.75. The second kappa shape index (κ2) is 8.81. The fourth-order valence-electron chi connectivity index (χ4n) is 2.97. The molecule has 0 bridgehead atoms. The van der Waals surface area contributed by atoms with E-state index in [0.717, 1.165) is 21.9 Å². The van der Waals surface area contributed by atoms with Crippen LogP contribution in [0.3, 0.4) is 0 Å². The number of carbonyl (C=O) groups is 2. The van der Waals surface area contributed by atoms with E-state index in [1.165, 1.54) is 13.2 Å². The van der Waals surface area contributed by atoms with Crippen molar-refractivity contribution in [3.63, 3.8) is 0 Å². The molecule has 1 N–H and O–H groups in total. The minimum atomic E-state index is -0.441. The van der Waals surface area contributed by atoms with Crippen LogP contribution in [0.1, 0.15) is 23.6 Å². The Kier molecular flexibility index (Phi) is 6.00. The predicted octanol–water partition coefficient (Wildman–Crippen LogP) is 4.27. The van der Waals surface area contributed by atoms with Gasteiger partial charge in [-0.1, -0.05) is 72.8 Å². The molecule has 3 rings (SSSR count). The Bertz CT molecular complexity index is 958. The van der Waals surface area contributed by atoms with Gasteiger partial charge in [0.25, 0.3) is 0 Å². The molecule has 0 spiro atoms. The number of nitrogens with one attached hydrogen (secondary N) is 1. The first-order valence-corrected chi connectivity index (χ1v) is 8.75. The second-order valence-corrected chi connectivity index (χ2v) is 6.15. The molecular weight excluding hydrogens is 338 g/mol. The van der Waals surface area contributed by atoms with E-state index >= 15 is 0 Å². The van der Waals surface area contributed by atoms with Gasteiger partial charge in [-0.05, 0) is 28.0 Å². The molecule has 1 atom stereocenters. The minimum Gasteiger partial charge on any atom is -0.469 e. The molecule has 0 aliphatic heterocycles. The molecule has 1 amide bonds. The van der Waals surface area contributed by atoms with Gasteiger partial charge in [-0.3, -0.25) is 9.59 Å². The van der Waals surface area contributed by atoms with E-state index in [0.29, 0.717) is 0 Å². The average Bonchev–Trinajstić information content (AvgIpc) is 2.72. The van der Waals surface area contributed by atoms with Crippen molar-refractivity contribution in [2.45, 2.75) is 12.5 Å². The van der Waals surface area contributed by atoms with Crippen molar-refractivity contribution in [2.75, 3.05) is 7.11 Å². The van der Waals surface area contributed by atoms with Gasteiger partial charge >= 0.3 is 5.97 Å². The Labute approximate surface area is 158 Å². The molecule has 0 aliphatic rings. The van der Waals surface area contributed by atoms with Gasteiger partial charge in [-0.25, -0.2) is 0 Å². The first-order valence-electron chi connectivity index (χ1n) is 8.75. The van der Waals surface area contributed by atoms with Gasteiger partial charge in [0.05, 0.1) is 19.6 Å². The summed E-state index contributed by atoms with van der Waals surface area (Å²) in [6.45, 7) is 0. The van der Waals surface area contributed by atoms with Crippen molar-refractivity contribution in [1.29, 1.82) is 0 Å². The van der Waals surface area contributed by atoms with E-state index in [1.807, 2.05) is 72.8 Å². The molecule has 4 nitrogen and oxygen atoms in total. The van der Waals surface area contributed by atoms with Gasteiger partial charge in [0, 0.05) is 6.08 Å². The van der Waals surface area contributed by atoms with Crippen LogP contribution in [0, 0.1) is 0 Å². The molecule has 27 heavy (non-hydrogen) atoms. The van der Waals surface area contributed by atoms with Crippen LogP contribution in [-0.4, -0.2) is 19.0 Å². The fraction of sp³-hybridized carbons (Fsp3) is 0.130. The minimum absolute atomic E-state index is 0.0777. The first kappa shape index (κ1) is 18.4. The molecular formula is C23H21NO3. The van der Waals surface area contributed by atoms with Crippen molar-refractivity contribution >= 4 is 28.7 Å². The summed E-state index contributed by atoms with van der Waals surface area (Å²) in [5.41, 5.74) is 1.82. The lowest BCUT2D eigenvalue weighted by Gasteiger charge is -2.17. The maximum absolute atomic E-state index is 12.5. The second-order valence-electron chi connectivity index (χ2n) is 6.15. The number of hydrogen-bond acceptors (Lipinski definition) is 3. The monoisotopic (exact) mass is 359 g/mol. The normalized spacial score (nSPS) is 12.0. The molecule has 0 radical (unpaired) electrons. The summed E-state index contributed by atoms with van der Waals surface area (Å²) in [7, 11) is 1.34. The van der Waals surface area contributed by atoms with Crippen LogP contribution in [0.5, 0.6) is 0 Å². The van der Waals surface area contributed by atoms with Crippen molar-refractivity contribution in [3.8, 4) is 0 Å². The van der Waals surface area contributed by atoms with Crippen LogP contribution in [0.15, 0.2) is 78.9 Å². The summed E-state index contributed by atoms with van der Waals surface area (Å²) >= 11 is 0. The van der Waals surface area contributed by atoms with Gasteiger partial charge in [-0.2, -0.15) is 0 Å². The highest BCUT2D eigenvalue weighted by atomic mass is 16.5. The fourth-order valence-corrected chi connectivity index (χ4v) is 2.97. The van der Waals surface area contributed by atoms with E-state index in [9.17, 15) is 9.59 Å². The molecule has 3 aromatic carbocycles. The van der Waals surface area contributed by atoms with E-state index in [4.69, 9.17) is 4.74 Å². The average molecular weight is 359 g/mol. The lowest BCUT2D eigenvalue weighted by molar-refractivity contribution is -0.141. The van der Waals surface area contributed by atoms with Crippen molar-refractivity contribution in [2.24, 2.45) is 0 Å². The molecule has 0 saturated heterocycles. The van der Waals surface area contributed by atoms with E-state index in [-0.39, 0.29) is 18.3 Å². The third kappa shape index (κ3) is 4.82. The number of benzene rings is 3. The van der Waals surface area contributed by atoms with Crippen molar-refractivity contribution < 1.29 is 14.3 Å². The number of amides is 1. The standard InChI is InChI=1S/C23H21NO3/c1-27-23(26)16-21(19-9-3-2-4-10-19)24-22(25)15-14-18-12-7-11-17-8-5-6-13-20(17)18/h2-15,21H,16H2,1H3,(H,24,25)/b15-14+. The van der Waals surface area contributed by atoms with Gasteiger partial charge in [0.15, 0.2) is 0 Å². The highest BCUT2D eigenvalue weighted by Crippen LogP contribution is 2.20. The van der Waals surface area contributed by atoms with Gasteiger partial charge in [-0.15, -0.1) is 0 Å². The van der Waals surface area contributed by atoms with Crippen molar-refractivity contribution in [3.05, 3.63) is 90.0 Å². The third-order valence-electron chi connectivity index (χ3n) is 4.35. The molecule has 0 fully saturated rings. The maximum atomic E-state index is 12.5. The van der Waals surface area contributed by atoms with Gasteiger partial charge in [0.2, 0.25) is 5.91 Å². The molecule has 0 saturated carbocycles.